The predicted molar refractivity (Wildman–Crippen MR) is 69.3 cm³/mol. The van der Waals surface area contributed by atoms with E-state index >= 15 is 0 Å². The topological polar surface area (TPSA) is 47.6 Å². The van der Waals surface area contributed by atoms with Crippen molar-refractivity contribution in [2.75, 3.05) is 12.4 Å². The lowest BCUT2D eigenvalue weighted by molar-refractivity contribution is -0.155. The van der Waals surface area contributed by atoms with Crippen molar-refractivity contribution in [3.8, 4) is 0 Å². The van der Waals surface area contributed by atoms with Crippen LogP contribution in [0.4, 0.5) is 5.69 Å². The van der Waals surface area contributed by atoms with Crippen LogP contribution in [0.2, 0.25) is 0 Å². The van der Waals surface area contributed by atoms with E-state index in [1.54, 1.807) is 0 Å². The van der Waals surface area contributed by atoms with Crippen LogP contribution in [0.1, 0.15) is 11.1 Å². The van der Waals surface area contributed by atoms with Crippen LogP contribution in [-0.4, -0.2) is 19.4 Å². The summed E-state index contributed by atoms with van der Waals surface area (Å²) >= 11 is 5.91. The van der Waals surface area contributed by atoms with Gasteiger partial charge in [0.2, 0.25) is 6.29 Å². The highest BCUT2D eigenvalue weighted by atomic mass is 35.5. The molecule has 5 heteroatoms. The average Bonchev–Trinajstić information content (AvgIpc) is 2.61. The number of benzene rings is 1. The number of hydrogen-bond acceptors (Lipinski definition) is 4. The molecular weight excluding hydrogens is 254 g/mol. The summed E-state index contributed by atoms with van der Waals surface area (Å²) < 4.78 is 10.0. The van der Waals surface area contributed by atoms with E-state index in [1.165, 1.54) is 7.11 Å². The number of esters is 1. The number of carbonyl (C=O) groups is 1. The molecule has 0 aromatic heterocycles. The van der Waals surface area contributed by atoms with E-state index in [-0.39, 0.29) is 5.03 Å². The smallest absolute Gasteiger partial charge is 0.354 e. The van der Waals surface area contributed by atoms with Gasteiger partial charge in [-0.15, -0.1) is 0 Å². The monoisotopic (exact) mass is 267 g/mol. The summed E-state index contributed by atoms with van der Waals surface area (Å²) in [4.78, 5) is 11.4. The summed E-state index contributed by atoms with van der Waals surface area (Å²) in [7, 11) is 1.46. The summed E-state index contributed by atoms with van der Waals surface area (Å²) in [6, 6.07) is 5.98. The quantitative estimate of drug-likeness (QED) is 0.856. The number of ether oxygens (including phenoxy) is 2. The summed E-state index contributed by atoms with van der Waals surface area (Å²) in [6.07, 6.45) is -0.773. The lowest BCUT2D eigenvalue weighted by Gasteiger charge is -2.15. The maximum absolute atomic E-state index is 11.4. The van der Waals surface area contributed by atoms with Crippen LogP contribution in [0.25, 0.3) is 0 Å². The van der Waals surface area contributed by atoms with Crippen LogP contribution in [0.5, 0.6) is 0 Å². The fourth-order valence-electron chi connectivity index (χ4n) is 1.72. The van der Waals surface area contributed by atoms with Crippen LogP contribution in [-0.2, 0) is 14.3 Å². The molecule has 1 aliphatic heterocycles. The molecule has 1 aliphatic rings. The van der Waals surface area contributed by atoms with Crippen LogP contribution in [0, 0.1) is 13.8 Å². The second kappa shape index (κ2) is 5.00. The molecule has 0 saturated carbocycles. The molecule has 1 heterocycles. The van der Waals surface area contributed by atoms with E-state index in [4.69, 9.17) is 21.1 Å². The lowest BCUT2D eigenvalue weighted by atomic mass is 10.1. The fourth-order valence-corrected chi connectivity index (χ4v) is 1.90. The molecule has 0 spiro atoms. The van der Waals surface area contributed by atoms with Gasteiger partial charge < -0.3 is 14.8 Å². The maximum atomic E-state index is 11.4. The van der Waals surface area contributed by atoms with Gasteiger partial charge in [-0.1, -0.05) is 23.7 Å². The Balaban J connectivity index is 2.33. The number of cyclic esters (lactones) is 1. The molecule has 0 radical (unpaired) electrons. The normalized spacial score (nSPS) is 19.1. The minimum absolute atomic E-state index is 0.0303. The van der Waals surface area contributed by atoms with Gasteiger partial charge in [-0.2, -0.15) is 0 Å². The molecule has 0 unspecified atom stereocenters. The molecular formula is C13H14ClNO3. The third-order valence-corrected chi connectivity index (χ3v) is 3.10. The van der Waals surface area contributed by atoms with Crippen LogP contribution >= 0.6 is 11.6 Å². The Hall–Kier alpha value is -1.52. The summed E-state index contributed by atoms with van der Waals surface area (Å²) in [6.45, 7) is 3.96. The van der Waals surface area contributed by atoms with Gasteiger partial charge in [-0.3, -0.25) is 0 Å². The third-order valence-electron chi connectivity index (χ3n) is 2.74. The second-order valence-electron chi connectivity index (χ2n) is 4.14. The Morgan fingerprint density at radius 3 is 2.78 bits per heavy atom. The van der Waals surface area contributed by atoms with E-state index in [1.807, 2.05) is 32.0 Å². The van der Waals surface area contributed by atoms with Crippen molar-refractivity contribution in [3.05, 3.63) is 40.1 Å². The average molecular weight is 268 g/mol. The molecule has 1 aromatic carbocycles. The van der Waals surface area contributed by atoms with E-state index in [0.29, 0.717) is 5.70 Å². The van der Waals surface area contributed by atoms with E-state index in [9.17, 15) is 4.79 Å². The zero-order valence-electron chi connectivity index (χ0n) is 10.4. The minimum Gasteiger partial charge on any atom is -0.425 e. The van der Waals surface area contributed by atoms with Crippen molar-refractivity contribution in [2.24, 2.45) is 0 Å². The van der Waals surface area contributed by atoms with Crippen molar-refractivity contribution in [2.45, 2.75) is 20.1 Å². The molecule has 0 bridgehead atoms. The summed E-state index contributed by atoms with van der Waals surface area (Å²) in [5.74, 6) is -0.573. The van der Waals surface area contributed by atoms with Crippen LogP contribution in [0.3, 0.4) is 0 Å². The first kappa shape index (κ1) is 12.9. The molecule has 0 saturated heterocycles. The SMILES string of the molecule is CO[C@@H]1OC(=O)C(Cl)=C1Nc1cc(C)ccc1C. The maximum Gasteiger partial charge on any atom is 0.354 e. The highest BCUT2D eigenvalue weighted by molar-refractivity contribution is 6.42. The Labute approximate surface area is 111 Å². The fraction of sp³-hybridized carbons (Fsp3) is 0.308. The summed E-state index contributed by atoms with van der Waals surface area (Å²) in [5.41, 5.74) is 3.48. The first-order chi connectivity index (χ1) is 8.52. The van der Waals surface area contributed by atoms with Crippen LogP contribution in [0.15, 0.2) is 28.9 Å². The Bertz CT molecular complexity index is 525. The molecule has 18 heavy (non-hydrogen) atoms. The summed E-state index contributed by atoms with van der Waals surface area (Å²) in [5, 5.41) is 3.14. The molecule has 4 nitrogen and oxygen atoms in total. The van der Waals surface area contributed by atoms with Gasteiger partial charge in [-0.05, 0) is 31.0 Å². The van der Waals surface area contributed by atoms with Gasteiger partial charge in [0, 0.05) is 12.8 Å². The van der Waals surface area contributed by atoms with Gasteiger partial charge in [0.05, 0.1) is 0 Å². The molecule has 96 valence electrons. The third kappa shape index (κ3) is 2.35. The second-order valence-corrected chi connectivity index (χ2v) is 4.52. The molecule has 0 amide bonds. The standard InChI is InChI=1S/C13H14ClNO3/c1-7-4-5-8(2)9(6-7)15-11-10(14)12(16)18-13(11)17-3/h4-6,13,15H,1-3H3/t13-/m1/s1. The number of hydrogen-bond donors (Lipinski definition) is 1. The zero-order chi connectivity index (χ0) is 13.3. The van der Waals surface area contributed by atoms with Gasteiger partial charge in [0.25, 0.3) is 0 Å². The van der Waals surface area contributed by atoms with E-state index < -0.39 is 12.3 Å². The van der Waals surface area contributed by atoms with Gasteiger partial charge >= 0.3 is 5.97 Å². The van der Waals surface area contributed by atoms with E-state index in [0.717, 1.165) is 16.8 Å². The molecule has 0 aliphatic carbocycles. The van der Waals surface area contributed by atoms with Crippen molar-refractivity contribution in [3.63, 3.8) is 0 Å². The minimum atomic E-state index is -0.773. The first-order valence-corrected chi connectivity index (χ1v) is 5.88. The highest BCUT2D eigenvalue weighted by Crippen LogP contribution is 2.29. The van der Waals surface area contributed by atoms with Gasteiger partial charge in [-0.25, -0.2) is 4.79 Å². The number of rotatable bonds is 3. The van der Waals surface area contributed by atoms with Crippen molar-refractivity contribution < 1.29 is 14.3 Å². The Morgan fingerprint density at radius 2 is 2.11 bits per heavy atom. The number of nitrogens with one attached hydrogen (secondary N) is 1. The van der Waals surface area contributed by atoms with Crippen molar-refractivity contribution in [1.82, 2.24) is 0 Å². The van der Waals surface area contributed by atoms with E-state index in [2.05, 4.69) is 5.32 Å². The molecule has 1 N–H and O–H groups in total. The Morgan fingerprint density at radius 1 is 1.39 bits per heavy atom. The van der Waals surface area contributed by atoms with Crippen molar-refractivity contribution in [1.29, 1.82) is 0 Å². The zero-order valence-corrected chi connectivity index (χ0v) is 11.2. The number of carbonyl (C=O) groups excluding carboxylic acids is 1. The Kier molecular flexibility index (Phi) is 3.59. The predicted octanol–water partition coefficient (Wildman–Crippen LogP) is 2.70. The van der Waals surface area contributed by atoms with Crippen molar-refractivity contribution >= 4 is 23.3 Å². The lowest BCUT2D eigenvalue weighted by Crippen LogP contribution is -2.18. The first-order valence-electron chi connectivity index (χ1n) is 5.50. The largest absolute Gasteiger partial charge is 0.425 e. The number of aryl methyl sites for hydroxylation is 2. The molecule has 2 rings (SSSR count). The number of methoxy groups -OCH3 is 1. The van der Waals surface area contributed by atoms with Gasteiger partial charge in [0.1, 0.15) is 5.70 Å². The highest BCUT2D eigenvalue weighted by Gasteiger charge is 2.33. The number of halogens is 1. The molecule has 1 aromatic rings. The van der Waals surface area contributed by atoms with Crippen LogP contribution < -0.4 is 5.32 Å². The molecule has 0 fully saturated rings. The molecule has 1 atom stereocenters. The van der Waals surface area contributed by atoms with Gasteiger partial charge in [0.15, 0.2) is 5.03 Å². The number of anilines is 1.